The predicted molar refractivity (Wildman–Crippen MR) is 63.3 cm³/mol. The zero-order chi connectivity index (χ0) is 12.8. The number of hydrogen-bond donors (Lipinski definition) is 2. The monoisotopic (exact) mass is 243 g/mol. The summed E-state index contributed by atoms with van der Waals surface area (Å²) in [5.74, 6) is -0.291. The van der Waals surface area contributed by atoms with Gasteiger partial charge in [-0.05, 0) is 19.8 Å². The quantitative estimate of drug-likeness (QED) is 0.654. The molecule has 98 valence electrons. The first-order chi connectivity index (χ1) is 8.12. The van der Waals surface area contributed by atoms with Gasteiger partial charge in [-0.25, -0.2) is 0 Å². The van der Waals surface area contributed by atoms with Crippen molar-refractivity contribution in [3.05, 3.63) is 0 Å². The topological polar surface area (TPSA) is 84.7 Å². The van der Waals surface area contributed by atoms with E-state index in [0.717, 1.165) is 6.42 Å². The van der Waals surface area contributed by atoms with Crippen LogP contribution >= 0.6 is 0 Å². The average molecular weight is 243 g/mol. The van der Waals surface area contributed by atoms with Crippen LogP contribution in [0.15, 0.2) is 0 Å². The highest BCUT2D eigenvalue weighted by molar-refractivity contribution is 5.87. The van der Waals surface area contributed by atoms with Gasteiger partial charge in [0.25, 0.3) is 5.91 Å². The van der Waals surface area contributed by atoms with Gasteiger partial charge in [0, 0.05) is 20.1 Å². The maximum Gasteiger partial charge on any atom is 0.252 e. The van der Waals surface area contributed by atoms with Gasteiger partial charge < -0.3 is 20.7 Å². The molecule has 1 fully saturated rings. The molecular weight excluding hydrogens is 222 g/mol. The van der Waals surface area contributed by atoms with Crippen molar-refractivity contribution in [2.75, 3.05) is 26.7 Å². The largest absolute Gasteiger partial charge is 0.364 e. The molecule has 2 amide bonds. The molecule has 0 aromatic carbocycles. The molecule has 1 rings (SSSR count). The number of nitrogens with two attached hydrogens (primary N) is 1. The summed E-state index contributed by atoms with van der Waals surface area (Å²) in [6.07, 6.45) is 1.03. The van der Waals surface area contributed by atoms with Crippen LogP contribution < -0.4 is 11.1 Å². The summed E-state index contributed by atoms with van der Waals surface area (Å²) in [5, 5.41) is 2.50. The van der Waals surface area contributed by atoms with Crippen LogP contribution in [0.5, 0.6) is 0 Å². The molecule has 1 aliphatic rings. The van der Waals surface area contributed by atoms with Crippen LogP contribution in [0.4, 0.5) is 0 Å². The molecule has 1 heterocycles. The fraction of sp³-hybridized carbons (Fsp3) is 0.818. The van der Waals surface area contributed by atoms with Gasteiger partial charge in [-0.3, -0.25) is 9.59 Å². The second kappa shape index (κ2) is 6.56. The van der Waals surface area contributed by atoms with Gasteiger partial charge in [0.1, 0.15) is 6.10 Å². The van der Waals surface area contributed by atoms with E-state index < -0.39 is 6.10 Å². The normalized spacial score (nSPS) is 23.5. The van der Waals surface area contributed by atoms with Crippen molar-refractivity contribution >= 4 is 11.8 Å². The Labute approximate surface area is 101 Å². The molecule has 1 aliphatic heterocycles. The smallest absolute Gasteiger partial charge is 0.252 e. The molecule has 17 heavy (non-hydrogen) atoms. The van der Waals surface area contributed by atoms with Gasteiger partial charge in [0.2, 0.25) is 5.91 Å². The molecule has 2 atom stereocenters. The highest BCUT2D eigenvalue weighted by atomic mass is 16.5. The standard InChI is InChI=1S/C11H21N3O3/c1-3-14(7-10(15)13-2)11(16)9-5-4-8(6-12)17-9/h8-9H,3-7,12H2,1-2H3,(H,13,15). The number of rotatable bonds is 5. The lowest BCUT2D eigenvalue weighted by atomic mass is 10.2. The Bertz CT molecular complexity index is 283. The number of nitrogens with zero attached hydrogens (tertiary/aromatic N) is 1. The lowest BCUT2D eigenvalue weighted by molar-refractivity contribution is -0.145. The van der Waals surface area contributed by atoms with Gasteiger partial charge in [-0.1, -0.05) is 0 Å². The maximum atomic E-state index is 12.1. The summed E-state index contributed by atoms with van der Waals surface area (Å²) in [5.41, 5.74) is 5.49. The van der Waals surface area contributed by atoms with E-state index in [1.165, 1.54) is 4.90 Å². The first kappa shape index (κ1) is 13.9. The number of nitrogens with one attached hydrogen (secondary N) is 1. The second-order valence-electron chi connectivity index (χ2n) is 4.09. The third-order valence-electron chi connectivity index (χ3n) is 2.95. The zero-order valence-corrected chi connectivity index (χ0v) is 10.4. The molecule has 0 aromatic rings. The molecule has 2 unspecified atom stereocenters. The van der Waals surface area contributed by atoms with Crippen LogP contribution in [0.3, 0.4) is 0 Å². The first-order valence-corrected chi connectivity index (χ1v) is 5.97. The molecule has 0 aliphatic carbocycles. The first-order valence-electron chi connectivity index (χ1n) is 5.97. The van der Waals surface area contributed by atoms with Gasteiger partial charge in [-0.2, -0.15) is 0 Å². The summed E-state index contributed by atoms with van der Waals surface area (Å²) in [6, 6.07) is 0. The minimum absolute atomic E-state index is 0.0253. The fourth-order valence-corrected chi connectivity index (χ4v) is 1.86. The van der Waals surface area contributed by atoms with E-state index in [2.05, 4.69) is 5.32 Å². The zero-order valence-electron chi connectivity index (χ0n) is 10.4. The van der Waals surface area contributed by atoms with Crippen molar-refractivity contribution in [3.8, 4) is 0 Å². The molecule has 6 heteroatoms. The number of hydrogen-bond acceptors (Lipinski definition) is 4. The molecular formula is C11H21N3O3. The summed E-state index contributed by atoms with van der Waals surface area (Å²) >= 11 is 0. The van der Waals surface area contributed by atoms with E-state index in [4.69, 9.17) is 10.5 Å². The number of carbonyl (C=O) groups is 2. The second-order valence-corrected chi connectivity index (χ2v) is 4.09. The van der Waals surface area contributed by atoms with E-state index in [1.807, 2.05) is 6.92 Å². The molecule has 0 bridgehead atoms. The third kappa shape index (κ3) is 3.67. The van der Waals surface area contributed by atoms with Crippen molar-refractivity contribution in [1.29, 1.82) is 0 Å². The van der Waals surface area contributed by atoms with E-state index in [-0.39, 0.29) is 24.5 Å². The van der Waals surface area contributed by atoms with E-state index >= 15 is 0 Å². The SMILES string of the molecule is CCN(CC(=O)NC)C(=O)C1CCC(CN)O1. The minimum Gasteiger partial charge on any atom is -0.364 e. The molecule has 0 aromatic heterocycles. The maximum absolute atomic E-state index is 12.1. The third-order valence-corrected chi connectivity index (χ3v) is 2.95. The fourth-order valence-electron chi connectivity index (χ4n) is 1.86. The Morgan fingerprint density at radius 1 is 1.47 bits per heavy atom. The van der Waals surface area contributed by atoms with Crippen molar-refractivity contribution in [2.24, 2.45) is 5.73 Å². The van der Waals surface area contributed by atoms with E-state index in [1.54, 1.807) is 7.05 Å². The van der Waals surface area contributed by atoms with Crippen LogP contribution in [0.2, 0.25) is 0 Å². The molecule has 0 saturated carbocycles. The lowest BCUT2D eigenvalue weighted by Crippen LogP contribution is -2.44. The summed E-state index contributed by atoms with van der Waals surface area (Å²) in [4.78, 5) is 24.8. The predicted octanol–water partition coefficient (Wildman–Crippen LogP) is -0.913. The van der Waals surface area contributed by atoms with Gasteiger partial charge in [-0.15, -0.1) is 0 Å². The highest BCUT2D eigenvalue weighted by Crippen LogP contribution is 2.20. The van der Waals surface area contributed by atoms with Crippen LogP contribution in [0, 0.1) is 0 Å². The van der Waals surface area contributed by atoms with E-state index in [0.29, 0.717) is 19.5 Å². The lowest BCUT2D eigenvalue weighted by Gasteiger charge is -2.23. The Balaban J connectivity index is 2.52. The summed E-state index contributed by atoms with van der Waals surface area (Å²) < 4.78 is 5.52. The van der Waals surface area contributed by atoms with Crippen LogP contribution in [0.25, 0.3) is 0 Å². The van der Waals surface area contributed by atoms with Crippen LogP contribution in [0.1, 0.15) is 19.8 Å². The summed E-state index contributed by atoms with van der Waals surface area (Å²) in [6.45, 7) is 2.86. The van der Waals surface area contributed by atoms with Gasteiger partial charge in [0.15, 0.2) is 0 Å². The summed E-state index contributed by atoms with van der Waals surface area (Å²) in [7, 11) is 1.55. The minimum atomic E-state index is -0.437. The Morgan fingerprint density at radius 3 is 2.65 bits per heavy atom. The molecule has 0 radical (unpaired) electrons. The number of likely N-dealkylation sites (N-methyl/N-ethyl adjacent to an activating group) is 2. The van der Waals surface area contributed by atoms with Crippen molar-refractivity contribution in [2.45, 2.75) is 32.0 Å². The number of carbonyl (C=O) groups excluding carboxylic acids is 2. The van der Waals surface area contributed by atoms with Crippen molar-refractivity contribution in [1.82, 2.24) is 10.2 Å². The van der Waals surface area contributed by atoms with Crippen LogP contribution in [-0.4, -0.2) is 55.6 Å². The number of amides is 2. The van der Waals surface area contributed by atoms with Crippen molar-refractivity contribution in [3.63, 3.8) is 0 Å². The molecule has 3 N–H and O–H groups in total. The Kier molecular flexibility index (Phi) is 5.37. The Morgan fingerprint density at radius 2 is 2.18 bits per heavy atom. The molecule has 0 spiro atoms. The van der Waals surface area contributed by atoms with Gasteiger partial charge >= 0.3 is 0 Å². The van der Waals surface area contributed by atoms with Crippen LogP contribution in [-0.2, 0) is 14.3 Å². The van der Waals surface area contributed by atoms with E-state index in [9.17, 15) is 9.59 Å². The van der Waals surface area contributed by atoms with Gasteiger partial charge in [0.05, 0.1) is 12.6 Å². The highest BCUT2D eigenvalue weighted by Gasteiger charge is 2.32. The Hall–Kier alpha value is -1.14. The molecule has 1 saturated heterocycles. The molecule has 6 nitrogen and oxygen atoms in total. The van der Waals surface area contributed by atoms with Crippen molar-refractivity contribution < 1.29 is 14.3 Å². The average Bonchev–Trinajstić information content (AvgIpc) is 2.83. The number of ether oxygens (including phenoxy) is 1.